The molecule has 2 aliphatic heterocycles. The maximum atomic E-state index is 12.1. The van der Waals surface area contributed by atoms with Crippen LogP contribution in [-0.4, -0.2) is 23.2 Å². The van der Waals surface area contributed by atoms with E-state index < -0.39 is 0 Å². The first-order valence-corrected chi connectivity index (χ1v) is 9.76. The van der Waals surface area contributed by atoms with Gasteiger partial charge in [0.05, 0.1) is 6.10 Å². The Labute approximate surface area is 159 Å². The van der Waals surface area contributed by atoms with Crippen molar-refractivity contribution in [1.82, 2.24) is 4.57 Å². The van der Waals surface area contributed by atoms with E-state index in [0.29, 0.717) is 6.42 Å². The van der Waals surface area contributed by atoms with Crippen LogP contribution in [0.3, 0.4) is 0 Å². The van der Waals surface area contributed by atoms with Crippen LogP contribution in [0.15, 0.2) is 29.2 Å². The molecular weight excluding hydrogens is 340 g/mol. The number of anilines is 1. The van der Waals surface area contributed by atoms with E-state index >= 15 is 0 Å². The van der Waals surface area contributed by atoms with Crippen molar-refractivity contribution < 1.29 is 9.53 Å². The second-order valence-electron chi connectivity index (χ2n) is 7.74. The number of fused-ring (bicyclic) bond motifs is 1. The largest absolute Gasteiger partial charge is 0.378 e. The van der Waals surface area contributed by atoms with Gasteiger partial charge in [-0.1, -0.05) is 6.07 Å². The third kappa shape index (κ3) is 3.69. The summed E-state index contributed by atoms with van der Waals surface area (Å²) in [7, 11) is 1.78. The Bertz CT molecular complexity index is 913. The zero-order valence-corrected chi connectivity index (χ0v) is 16.0. The summed E-state index contributed by atoms with van der Waals surface area (Å²) >= 11 is 0. The Morgan fingerprint density at radius 3 is 2.78 bits per heavy atom. The molecule has 2 aromatic rings. The van der Waals surface area contributed by atoms with E-state index in [9.17, 15) is 9.59 Å². The molecule has 1 N–H and O–H groups in total. The first-order chi connectivity index (χ1) is 13.0. The van der Waals surface area contributed by atoms with Crippen molar-refractivity contribution in [2.45, 2.75) is 51.6 Å². The number of amides is 1. The topological polar surface area (TPSA) is 60.3 Å². The predicted molar refractivity (Wildman–Crippen MR) is 106 cm³/mol. The molecule has 0 bridgehead atoms. The van der Waals surface area contributed by atoms with E-state index in [2.05, 4.69) is 17.4 Å². The number of hydrogen-bond acceptors (Lipinski definition) is 3. The molecule has 142 valence electrons. The third-order valence-electron chi connectivity index (χ3n) is 5.62. The molecule has 0 spiro atoms. The number of aryl methyl sites for hydroxylation is 3. The number of aromatic nitrogens is 1. The molecule has 0 aliphatic carbocycles. The minimum absolute atomic E-state index is 0.0159. The molecule has 1 fully saturated rings. The quantitative estimate of drug-likeness (QED) is 0.906. The Morgan fingerprint density at radius 2 is 2.04 bits per heavy atom. The number of pyridine rings is 1. The highest BCUT2D eigenvalue weighted by Gasteiger charge is 2.22. The van der Waals surface area contributed by atoms with E-state index in [1.165, 1.54) is 17.5 Å². The zero-order chi connectivity index (χ0) is 19.0. The van der Waals surface area contributed by atoms with Gasteiger partial charge in [0.2, 0.25) is 5.91 Å². The van der Waals surface area contributed by atoms with E-state index in [1.54, 1.807) is 11.6 Å². The second kappa shape index (κ2) is 7.31. The van der Waals surface area contributed by atoms with Gasteiger partial charge in [-0.3, -0.25) is 9.59 Å². The predicted octanol–water partition coefficient (Wildman–Crippen LogP) is 3.36. The van der Waals surface area contributed by atoms with Crippen molar-refractivity contribution in [2.75, 3.05) is 11.9 Å². The number of benzene rings is 1. The molecule has 2 aliphatic rings. The van der Waals surface area contributed by atoms with Crippen LogP contribution < -0.4 is 10.9 Å². The lowest BCUT2D eigenvalue weighted by Crippen LogP contribution is -2.23. The fraction of sp³-hybridized carbons (Fsp3) is 0.455. The number of nitrogens with one attached hydrogen (secondary N) is 1. The molecule has 1 aromatic heterocycles. The van der Waals surface area contributed by atoms with Gasteiger partial charge in [-0.05, 0) is 73.4 Å². The first-order valence-electron chi connectivity index (χ1n) is 9.76. The van der Waals surface area contributed by atoms with Crippen LogP contribution in [0.1, 0.15) is 42.4 Å². The molecule has 27 heavy (non-hydrogen) atoms. The highest BCUT2D eigenvalue weighted by atomic mass is 16.5. The number of nitrogens with zero attached hydrogens (tertiary/aromatic N) is 1. The summed E-state index contributed by atoms with van der Waals surface area (Å²) < 4.78 is 7.60. The number of carbonyl (C=O) groups excluding carboxylic acids is 1. The SMILES string of the molecule is Cc1cc(-c2cc3c(cc2CC2CCCCO2)CCC(=O)N3)cn(C)c1=O. The molecule has 0 saturated carbocycles. The first kappa shape index (κ1) is 18.0. The lowest BCUT2D eigenvalue weighted by molar-refractivity contribution is -0.116. The van der Waals surface area contributed by atoms with Crippen molar-refractivity contribution >= 4 is 11.6 Å². The van der Waals surface area contributed by atoms with Crippen LogP contribution >= 0.6 is 0 Å². The van der Waals surface area contributed by atoms with Gasteiger partial charge in [-0.2, -0.15) is 0 Å². The van der Waals surface area contributed by atoms with Gasteiger partial charge in [0.15, 0.2) is 0 Å². The van der Waals surface area contributed by atoms with Gasteiger partial charge >= 0.3 is 0 Å². The number of hydrogen-bond donors (Lipinski definition) is 1. The maximum Gasteiger partial charge on any atom is 0.253 e. The summed E-state index contributed by atoms with van der Waals surface area (Å²) in [6.45, 7) is 2.68. The van der Waals surface area contributed by atoms with Crippen molar-refractivity contribution in [3.63, 3.8) is 0 Å². The molecular formula is C22H26N2O3. The summed E-state index contributed by atoms with van der Waals surface area (Å²) in [5.41, 5.74) is 6.12. The molecule has 1 unspecified atom stereocenters. The zero-order valence-electron chi connectivity index (χ0n) is 16.0. The molecule has 5 nitrogen and oxygen atoms in total. The van der Waals surface area contributed by atoms with Crippen molar-refractivity contribution in [3.8, 4) is 11.1 Å². The molecule has 1 saturated heterocycles. The summed E-state index contributed by atoms with van der Waals surface area (Å²) in [4.78, 5) is 24.0. The van der Waals surface area contributed by atoms with Crippen LogP contribution in [-0.2, 0) is 29.4 Å². The van der Waals surface area contributed by atoms with Crippen molar-refractivity contribution in [3.05, 3.63) is 51.4 Å². The molecule has 1 atom stereocenters. The fourth-order valence-electron chi connectivity index (χ4n) is 4.16. The lowest BCUT2D eigenvalue weighted by atomic mass is 9.89. The summed E-state index contributed by atoms with van der Waals surface area (Å²) in [6, 6.07) is 6.24. The van der Waals surface area contributed by atoms with E-state index in [-0.39, 0.29) is 17.6 Å². The lowest BCUT2D eigenvalue weighted by Gasteiger charge is -2.26. The summed E-state index contributed by atoms with van der Waals surface area (Å²) in [6.07, 6.45) is 7.71. The van der Waals surface area contributed by atoms with Crippen molar-refractivity contribution in [2.24, 2.45) is 7.05 Å². The van der Waals surface area contributed by atoms with Gasteiger partial charge in [-0.15, -0.1) is 0 Å². The highest BCUT2D eigenvalue weighted by Crippen LogP contribution is 2.34. The summed E-state index contributed by atoms with van der Waals surface area (Å²) in [5, 5.41) is 3.00. The van der Waals surface area contributed by atoms with E-state index in [4.69, 9.17) is 4.74 Å². The Balaban J connectivity index is 1.80. The maximum absolute atomic E-state index is 12.1. The van der Waals surface area contributed by atoms with Gasteiger partial charge in [0.1, 0.15) is 0 Å². The molecule has 0 radical (unpaired) electrons. The second-order valence-corrected chi connectivity index (χ2v) is 7.74. The van der Waals surface area contributed by atoms with Crippen LogP contribution in [0.5, 0.6) is 0 Å². The average Bonchev–Trinajstić information content (AvgIpc) is 2.66. The molecule has 3 heterocycles. The summed E-state index contributed by atoms with van der Waals surface area (Å²) in [5.74, 6) is 0.0634. The minimum atomic E-state index is 0.0159. The number of carbonyl (C=O) groups is 1. The van der Waals surface area contributed by atoms with Crippen LogP contribution in [0.25, 0.3) is 11.1 Å². The minimum Gasteiger partial charge on any atom is -0.378 e. The monoisotopic (exact) mass is 366 g/mol. The molecule has 1 amide bonds. The van der Waals surface area contributed by atoms with Crippen LogP contribution in [0.4, 0.5) is 5.69 Å². The number of rotatable bonds is 3. The molecule has 4 rings (SSSR count). The fourth-order valence-corrected chi connectivity index (χ4v) is 4.16. The number of ether oxygens (including phenoxy) is 1. The molecule has 5 heteroatoms. The van der Waals surface area contributed by atoms with Crippen LogP contribution in [0, 0.1) is 6.92 Å². The highest BCUT2D eigenvalue weighted by molar-refractivity contribution is 5.95. The van der Waals surface area contributed by atoms with Crippen molar-refractivity contribution in [1.29, 1.82) is 0 Å². The Kier molecular flexibility index (Phi) is 4.87. The van der Waals surface area contributed by atoms with E-state index in [1.807, 2.05) is 19.2 Å². The Morgan fingerprint density at radius 1 is 1.19 bits per heavy atom. The van der Waals surface area contributed by atoms with Gasteiger partial charge in [-0.25, -0.2) is 0 Å². The average molecular weight is 366 g/mol. The van der Waals surface area contributed by atoms with Crippen LogP contribution in [0.2, 0.25) is 0 Å². The third-order valence-corrected chi connectivity index (χ3v) is 5.62. The molecule has 1 aromatic carbocycles. The normalized spacial score (nSPS) is 19.5. The van der Waals surface area contributed by atoms with Gasteiger partial charge in [0, 0.05) is 37.5 Å². The standard InChI is InChI=1S/C22H26N2O3/c1-14-9-17(13-24(2)22(14)26)19-12-20-15(6-7-21(25)23-20)10-16(19)11-18-5-3-4-8-27-18/h9-10,12-13,18H,3-8,11H2,1-2H3,(H,23,25). The van der Waals surface area contributed by atoms with E-state index in [0.717, 1.165) is 54.7 Å². The smallest absolute Gasteiger partial charge is 0.253 e. The van der Waals surface area contributed by atoms with Gasteiger partial charge < -0.3 is 14.6 Å². The van der Waals surface area contributed by atoms with Gasteiger partial charge in [0.25, 0.3) is 5.56 Å². The Hall–Kier alpha value is -2.40.